The first kappa shape index (κ1) is 33.0. The van der Waals surface area contributed by atoms with E-state index in [2.05, 4.69) is 190 Å². The summed E-state index contributed by atoms with van der Waals surface area (Å²) in [5, 5.41) is 5.07. The number of para-hydroxylation sites is 3. The third-order valence-corrected chi connectivity index (χ3v) is 10.6. The van der Waals surface area contributed by atoms with Gasteiger partial charge in [0.15, 0.2) is 0 Å². The minimum absolute atomic E-state index is 0.147. The van der Waals surface area contributed by atoms with Crippen molar-refractivity contribution in [2.24, 2.45) is 5.41 Å². The molecular weight excluding hydrogens is 621 g/mol. The van der Waals surface area contributed by atoms with Gasteiger partial charge in [0, 0.05) is 32.9 Å². The van der Waals surface area contributed by atoms with E-state index in [4.69, 9.17) is 4.74 Å². The van der Waals surface area contributed by atoms with E-state index in [0.717, 1.165) is 19.3 Å². The SMILES string of the molecule is CCC(C)(C)CC(Cc1cccc(-n2c3ccccc3c3cc(-c4cccc(-n5c6ccccc6c6ccccc65)c4)ccc32)c1)OC(C)(C)C. The molecule has 0 saturated heterocycles. The van der Waals surface area contributed by atoms with Crippen molar-refractivity contribution in [1.29, 1.82) is 0 Å². The van der Waals surface area contributed by atoms with Crippen LogP contribution in [0.1, 0.15) is 59.9 Å². The molecule has 0 aliphatic heterocycles. The second-order valence-electron chi connectivity index (χ2n) is 16.0. The fraction of sp³-hybridized carbons (Fsp3) is 0.250. The average Bonchev–Trinajstić information content (AvgIpc) is 3.64. The lowest BCUT2D eigenvalue weighted by Gasteiger charge is -2.33. The second-order valence-corrected chi connectivity index (χ2v) is 16.0. The number of fused-ring (bicyclic) bond motifs is 6. The van der Waals surface area contributed by atoms with E-state index in [1.54, 1.807) is 0 Å². The van der Waals surface area contributed by atoms with Gasteiger partial charge in [0.05, 0.1) is 33.8 Å². The smallest absolute Gasteiger partial charge is 0.0627 e. The first-order chi connectivity index (χ1) is 24.6. The van der Waals surface area contributed by atoms with Crippen LogP contribution in [0.3, 0.4) is 0 Å². The van der Waals surface area contributed by atoms with Gasteiger partial charge in [0.25, 0.3) is 0 Å². The van der Waals surface area contributed by atoms with Crippen LogP contribution >= 0.6 is 0 Å². The van der Waals surface area contributed by atoms with Crippen LogP contribution in [-0.2, 0) is 11.2 Å². The van der Waals surface area contributed by atoms with Gasteiger partial charge in [-0.15, -0.1) is 0 Å². The predicted molar refractivity (Wildman–Crippen MR) is 218 cm³/mol. The Morgan fingerprint density at radius 2 is 1.02 bits per heavy atom. The van der Waals surface area contributed by atoms with Gasteiger partial charge < -0.3 is 13.9 Å². The van der Waals surface area contributed by atoms with Crippen molar-refractivity contribution in [2.45, 2.75) is 72.5 Å². The summed E-state index contributed by atoms with van der Waals surface area (Å²) in [5.74, 6) is 0. The molecule has 0 bridgehead atoms. The van der Waals surface area contributed by atoms with Crippen molar-refractivity contribution >= 4 is 43.6 Å². The predicted octanol–water partition coefficient (Wildman–Crippen LogP) is 13.1. The number of ether oxygens (including phenoxy) is 1. The van der Waals surface area contributed by atoms with Gasteiger partial charge in [-0.1, -0.05) is 112 Å². The summed E-state index contributed by atoms with van der Waals surface area (Å²) in [7, 11) is 0. The third kappa shape index (κ3) is 6.36. The summed E-state index contributed by atoms with van der Waals surface area (Å²) in [4.78, 5) is 0. The largest absolute Gasteiger partial charge is 0.372 e. The first-order valence-electron chi connectivity index (χ1n) is 18.5. The highest BCUT2D eigenvalue weighted by molar-refractivity contribution is 6.11. The molecule has 1 atom stereocenters. The van der Waals surface area contributed by atoms with Crippen LogP contribution in [0.4, 0.5) is 0 Å². The van der Waals surface area contributed by atoms with Crippen molar-refractivity contribution in [3.05, 3.63) is 145 Å². The Morgan fingerprint density at radius 3 is 1.61 bits per heavy atom. The highest BCUT2D eigenvalue weighted by atomic mass is 16.5. The fourth-order valence-corrected chi connectivity index (χ4v) is 7.96. The maximum atomic E-state index is 6.67. The molecule has 0 spiro atoms. The van der Waals surface area contributed by atoms with Crippen molar-refractivity contribution in [3.8, 4) is 22.5 Å². The molecule has 3 heteroatoms. The maximum absolute atomic E-state index is 6.67. The van der Waals surface area contributed by atoms with E-state index < -0.39 is 0 Å². The summed E-state index contributed by atoms with van der Waals surface area (Å²) >= 11 is 0. The van der Waals surface area contributed by atoms with E-state index in [1.807, 2.05) is 0 Å². The molecule has 2 heterocycles. The molecule has 3 nitrogen and oxygen atoms in total. The molecule has 0 amide bonds. The van der Waals surface area contributed by atoms with Crippen molar-refractivity contribution in [3.63, 3.8) is 0 Å². The van der Waals surface area contributed by atoms with Crippen LogP contribution in [0.15, 0.2) is 140 Å². The molecule has 0 aliphatic carbocycles. The molecule has 2 aromatic heterocycles. The van der Waals surface area contributed by atoms with Crippen LogP contribution < -0.4 is 0 Å². The molecular formula is C48H48N2O. The zero-order chi connectivity index (χ0) is 35.3. The molecule has 1 unspecified atom stereocenters. The minimum atomic E-state index is -0.195. The Kier molecular flexibility index (Phi) is 8.35. The van der Waals surface area contributed by atoms with Gasteiger partial charge in [-0.3, -0.25) is 0 Å². The average molecular weight is 669 g/mol. The molecule has 51 heavy (non-hydrogen) atoms. The Labute approximate surface area is 302 Å². The molecule has 6 aromatic carbocycles. The Morgan fingerprint density at radius 1 is 0.510 bits per heavy atom. The van der Waals surface area contributed by atoms with Gasteiger partial charge in [-0.2, -0.15) is 0 Å². The summed E-state index contributed by atoms with van der Waals surface area (Å²) < 4.78 is 11.5. The molecule has 0 aliphatic rings. The Hall–Kier alpha value is -5.12. The molecule has 0 saturated carbocycles. The highest BCUT2D eigenvalue weighted by Crippen LogP contribution is 2.38. The quantitative estimate of drug-likeness (QED) is 0.150. The van der Waals surface area contributed by atoms with E-state index in [-0.39, 0.29) is 17.1 Å². The lowest BCUT2D eigenvalue weighted by atomic mass is 9.82. The van der Waals surface area contributed by atoms with Gasteiger partial charge >= 0.3 is 0 Å². The number of hydrogen-bond acceptors (Lipinski definition) is 1. The zero-order valence-electron chi connectivity index (χ0n) is 30.8. The zero-order valence-corrected chi connectivity index (χ0v) is 30.8. The molecule has 0 fully saturated rings. The van der Waals surface area contributed by atoms with E-state index >= 15 is 0 Å². The summed E-state index contributed by atoms with van der Waals surface area (Å²) in [5.41, 5.74) is 11.0. The van der Waals surface area contributed by atoms with Crippen LogP contribution in [0.2, 0.25) is 0 Å². The molecule has 0 radical (unpaired) electrons. The van der Waals surface area contributed by atoms with Gasteiger partial charge in [-0.25, -0.2) is 0 Å². The summed E-state index contributed by atoms with van der Waals surface area (Å²) in [6, 6.07) is 51.3. The molecule has 256 valence electrons. The van der Waals surface area contributed by atoms with Crippen LogP contribution in [-0.4, -0.2) is 20.8 Å². The van der Waals surface area contributed by atoms with E-state index in [9.17, 15) is 0 Å². The lowest BCUT2D eigenvalue weighted by molar-refractivity contribution is -0.0751. The van der Waals surface area contributed by atoms with Crippen LogP contribution in [0.5, 0.6) is 0 Å². The van der Waals surface area contributed by atoms with E-state index in [0.29, 0.717) is 0 Å². The molecule has 8 aromatic rings. The summed E-state index contributed by atoms with van der Waals surface area (Å²) in [6.45, 7) is 13.5. The Balaban J connectivity index is 1.20. The third-order valence-electron chi connectivity index (χ3n) is 10.6. The van der Waals surface area contributed by atoms with E-state index in [1.165, 1.54) is 71.7 Å². The maximum Gasteiger partial charge on any atom is 0.0627 e. The monoisotopic (exact) mass is 668 g/mol. The number of nitrogens with zero attached hydrogens (tertiary/aromatic N) is 2. The fourth-order valence-electron chi connectivity index (χ4n) is 7.96. The van der Waals surface area contributed by atoms with Crippen molar-refractivity contribution in [2.75, 3.05) is 0 Å². The lowest BCUT2D eigenvalue weighted by Crippen LogP contribution is -2.32. The van der Waals surface area contributed by atoms with Gasteiger partial charge in [0.2, 0.25) is 0 Å². The minimum Gasteiger partial charge on any atom is -0.372 e. The van der Waals surface area contributed by atoms with Crippen LogP contribution in [0, 0.1) is 5.41 Å². The van der Waals surface area contributed by atoms with Crippen molar-refractivity contribution in [1.82, 2.24) is 9.13 Å². The van der Waals surface area contributed by atoms with Gasteiger partial charge in [-0.05, 0) is 110 Å². The highest BCUT2D eigenvalue weighted by Gasteiger charge is 2.26. The normalized spacial score (nSPS) is 13.1. The number of aromatic nitrogens is 2. The number of hydrogen-bond donors (Lipinski definition) is 0. The molecule has 8 rings (SSSR count). The second kappa shape index (κ2) is 12.9. The first-order valence-corrected chi connectivity index (χ1v) is 18.5. The van der Waals surface area contributed by atoms with Gasteiger partial charge in [0.1, 0.15) is 0 Å². The van der Waals surface area contributed by atoms with Crippen LogP contribution in [0.25, 0.3) is 66.1 Å². The summed E-state index contributed by atoms with van der Waals surface area (Å²) in [6.07, 6.45) is 3.19. The Bertz CT molecular complexity index is 2470. The number of rotatable bonds is 9. The van der Waals surface area contributed by atoms with Crippen molar-refractivity contribution < 1.29 is 4.74 Å². The number of benzene rings is 6. The molecule has 0 N–H and O–H groups in total. The topological polar surface area (TPSA) is 19.1 Å². The standard InChI is InChI=1S/C48H48N2O/c1-7-48(5,6)32-38(51-47(2,3)4)29-33-16-14-18-36(28-33)49-45-25-13-10-22-41(45)42-31-35(26-27-46(42)49)34-17-15-19-37(30-34)50-43-23-11-8-20-39(43)40-21-9-12-24-44(40)50/h8-28,30-31,38H,7,29,32H2,1-6H3.